The maximum Gasteiger partial charge on any atom is 0.0207 e. The highest BCUT2D eigenvalue weighted by Gasteiger charge is 2.23. The van der Waals surface area contributed by atoms with Gasteiger partial charge in [-0.15, -0.1) is 0 Å². The van der Waals surface area contributed by atoms with E-state index in [-0.39, 0.29) is 0 Å². The summed E-state index contributed by atoms with van der Waals surface area (Å²) in [5.74, 6) is 0. The quantitative estimate of drug-likeness (QED) is 0.198. The summed E-state index contributed by atoms with van der Waals surface area (Å²) in [6.07, 6.45) is 0. The average Bonchev–Trinajstić information content (AvgIpc) is 3.04. The Bertz CT molecular complexity index is 2290. The van der Waals surface area contributed by atoms with Crippen LogP contribution in [0.15, 0.2) is 155 Å². The van der Waals surface area contributed by atoms with Crippen LogP contribution in [-0.4, -0.2) is 0 Å². The molecule has 0 unspecified atom stereocenters. The lowest BCUT2D eigenvalue weighted by Gasteiger charge is -2.23. The minimum absolute atomic E-state index is 1.26. The molecule has 1 heteroatoms. The van der Waals surface area contributed by atoms with Gasteiger partial charge in [-0.3, -0.25) is 0 Å². The van der Waals surface area contributed by atoms with Gasteiger partial charge in [-0.2, -0.15) is 0 Å². The van der Waals surface area contributed by atoms with E-state index < -0.39 is 0 Å². The standard InChI is InChI=1S/C40H24S/c1-2-11-26-24-27(21-20-25(26)10-1)38-29-13-3-5-15-31(29)39(32-16-6-4-14-30(32)38)35-23-22-34-28-12-7-8-18-36(28)41-37-19-9-17-33(35)40(34)37/h1-24H. The molecular weight excluding hydrogens is 513 g/mol. The van der Waals surface area contributed by atoms with Crippen LogP contribution in [0.4, 0.5) is 0 Å². The second-order valence-electron chi connectivity index (χ2n) is 10.8. The van der Waals surface area contributed by atoms with Crippen LogP contribution in [-0.2, 0) is 0 Å². The van der Waals surface area contributed by atoms with Crippen molar-refractivity contribution in [3.63, 3.8) is 0 Å². The molecule has 0 saturated carbocycles. The maximum atomic E-state index is 2.36. The second-order valence-corrected chi connectivity index (χ2v) is 11.9. The Morgan fingerprint density at radius 3 is 1.71 bits per heavy atom. The van der Waals surface area contributed by atoms with Crippen molar-refractivity contribution >= 4 is 54.9 Å². The van der Waals surface area contributed by atoms with Crippen LogP contribution in [0.5, 0.6) is 0 Å². The molecule has 0 radical (unpaired) electrons. The Morgan fingerprint density at radius 2 is 0.927 bits per heavy atom. The third-order valence-electron chi connectivity index (χ3n) is 8.64. The maximum absolute atomic E-state index is 2.36. The van der Waals surface area contributed by atoms with Gasteiger partial charge >= 0.3 is 0 Å². The molecule has 0 amide bonds. The molecule has 0 atom stereocenters. The minimum atomic E-state index is 1.26. The van der Waals surface area contributed by atoms with Crippen molar-refractivity contribution in [3.8, 4) is 33.4 Å². The molecule has 0 bridgehead atoms. The highest BCUT2D eigenvalue weighted by molar-refractivity contribution is 7.99. The summed E-state index contributed by atoms with van der Waals surface area (Å²) in [6.45, 7) is 0. The van der Waals surface area contributed by atoms with E-state index in [9.17, 15) is 0 Å². The summed E-state index contributed by atoms with van der Waals surface area (Å²) >= 11 is 1.89. The third-order valence-corrected chi connectivity index (χ3v) is 9.77. The molecule has 190 valence electrons. The molecule has 8 aromatic rings. The molecule has 0 aliphatic carbocycles. The van der Waals surface area contributed by atoms with Gasteiger partial charge in [-0.05, 0) is 89.3 Å². The fraction of sp³-hybridized carbons (Fsp3) is 0. The van der Waals surface area contributed by atoms with E-state index in [2.05, 4.69) is 146 Å². The van der Waals surface area contributed by atoms with E-state index in [1.165, 1.54) is 86.3 Å². The van der Waals surface area contributed by atoms with Gasteiger partial charge in [0.05, 0.1) is 0 Å². The Labute approximate surface area is 242 Å². The number of hydrogen-bond donors (Lipinski definition) is 0. The number of rotatable bonds is 2. The molecule has 0 N–H and O–H groups in total. The summed E-state index contributed by atoms with van der Waals surface area (Å²) < 4.78 is 0. The Kier molecular flexibility index (Phi) is 4.93. The van der Waals surface area contributed by atoms with Crippen molar-refractivity contribution in [3.05, 3.63) is 146 Å². The minimum Gasteiger partial charge on any atom is -0.0888 e. The molecule has 0 saturated heterocycles. The summed E-state index contributed by atoms with van der Waals surface area (Å²) in [7, 11) is 0. The predicted octanol–water partition coefficient (Wildman–Crippen LogP) is 11.8. The predicted molar refractivity (Wildman–Crippen MR) is 177 cm³/mol. The topological polar surface area (TPSA) is 0 Å². The van der Waals surface area contributed by atoms with Crippen LogP contribution in [0.2, 0.25) is 0 Å². The van der Waals surface area contributed by atoms with E-state index in [4.69, 9.17) is 0 Å². The van der Waals surface area contributed by atoms with E-state index in [1.54, 1.807) is 0 Å². The van der Waals surface area contributed by atoms with Crippen LogP contribution in [0, 0.1) is 0 Å². The Morgan fingerprint density at radius 1 is 0.341 bits per heavy atom. The zero-order valence-electron chi connectivity index (χ0n) is 22.3. The largest absolute Gasteiger partial charge is 0.0888 e. The zero-order chi connectivity index (χ0) is 26.9. The fourth-order valence-electron chi connectivity index (χ4n) is 6.87. The van der Waals surface area contributed by atoms with E-state index in [0.29, 0.717) is 0 Å². The molecular formula is C40H24S. The van der Waals surface area contributed by atoms with Gasteiger partial charge in [0.1, 0.15) is 0 Å². The van der Waals surface area contributed by atoms with Gasteiger partial charge in [-0.1, -0.05) is 139 Å². The SMILES string of the molecule is c1ccc2c(c1)Sc1cccc3c(-c4c5ccccc5c(-c5ccc6ccccc6c5)c5ccccc45)ccc-2c13. The molecule has 8 aromatic carbocycles. The van der Waals surface area contributed by atoms with Crippen LogP contribution in [0.3, 0.4) is 0 Å². The zero-order valence-corrected chi connectivity index (χ0v) is 23.1. The molecule has 0 spiro atoms. The summed E-state index contributed by atoms with van der Waals surface area (Å²) in [6, 6.07) is 53.8. The van der Waals surface area contributed by atoms with E-state index in [0.717, 1.165) is 0 Å². The first kappa shape index (κ1) is 22.9. The Balaban J connectivity index is 1.40. The Hall–Kier alpha value is -4.85. The molecule has 1 aliphatic heterocycles. The lowest BCUT2D eigenvalue weighted by Crippen LogP contribution is -1.95. The normalized spacial score (nSPS) is 12.3. The van der Waals surface area contributed by atoms with Gasteiger partial charge < -0.3 is 0 Å². The first-order valence-electron chi connectivity index (χ1n) is 14.1. The fourth-order valence-corrected chi connectivity index (χ4v) is 8.01. The van der Waals surface area contributed by atoms with Crippen molar-refractivity contribution in [2.45, 2.75) is 9.79 Å². The van der Waals surface area contributed by atoms with Crippen molar-refractivity contribution in [1.82, 2.24) is 0 Å². The number of fused-ring (bicyclic) bond motifs is 5. The molecule has 1 aliphatic rings. The van der Waals surface area contributed by atoms with Crippen molar-refractivity contribution < 1.29 is 0 Å². The smallest absolute Gasteiger partial charge is 0.0207 e. The van der Waals surface area contributed by atoms with Crippen molar-refractivity contribution in [2.75, 3.05) is 0 Å². The third kappa shape index (κ3) is 3.36. The summed E-state index contributed by atoms with van der Waals surface area (Å²) in [5.41, 5.74) is 7.83. The highest BCUT2D eigenvalue weighted by Crippen LogP contribution is 2.51. The van der Waals surface area contributed by atoms with Gasteiger partial charge in [0.25, 0.3) is 0 Å². The van der Waals surface area contributed by atoms with Gasteiger partial charge in [0.15, 0.2) is 0 Å². The number of hydrogen-bond acceptors (Lipinski definition) is 1. The van der Waals surface area contributed by atoms with E-state index in [1.807, 2.05) is 11.8 Å². The van der Waals surface area contributed by atoms with Crippen LogP contribution >= 0.6 is 11.8 Å². The van der Waals surface area contributed by atoms with Crippen molar-refractivity contribution in [1.29, 1.82) is 0 Å². The van der Waals surface area contributed by atoms with Crippen molar-refractivity contribution in [2.24, 2.45) is 0 Å². The molecule has 0 fully saturated rings. The monoisotopic (exact) mass is 536 g/mol. The van der Waals surface area contributed by atoms with Gasteiger partial charge in [-0.25, -0.2) is 0 Å². The summed E-state index contributed by atoms with van der Waals surface area (Å²) in [4.78, 5) is 2.66. The first-order chi connectivity index (χ1) is 20.3. The highest BCUT2D eigenvalue weighted by atomic mass is 32.2. The van der Waals surface area contributed by atoms with Gasteiger partial charge in [0, 0.05) is 15.2 Å². The molecule has 1 heterocycles. The molecule has 0 aromatic heterocycles. The lowest BCUT2D eigenvalue weighted by molar-refractivity contribution is 1.40. The second kappa shape index (κ2) is 8.83. The lowest BCUT2D eigenvalue weighted by atomic mass is 9.83. The number of benzene rings is 8. The molecule has 0 nitrogen and oxygen atoms in total. The molecule has 9 rings (SSSR count). The molecule has 41 heavy (non-hydrogen) atoms. The van der Waals surface area contributed by atoms with Crippen LogP contribution in [0.1, 0.15) is 0 Å². The average molecular weight is 537 g/mol. The first-order valence-corrected chi connectivity index (χ1v) is 14.9. The van der Waals surface area contributed by atoms with Crippen LogP contribution < -0.4 is 0 Å². The summed E-state index contributed by atoms with van der Waals surface area (Å²) in [5, 5.41) is 10.4. The van der Waals surface area contributed by atoms with Gasteiger partial charge in [0.2, 0.25) is 0 Å². The van der Waals surface area contributed by atoms with E-state index >= 15 is 0 Å². The van der Waals surface area contributed by atoms with Crippen LogP contribution in [0.25, 0.3) is 76.5 Å².